The third kappa shape index (κ3) is 11.0. The zero-order valence-electron chi connectivity index (χ0n) is 24.7. The maximum absolute atomic E-state index is 12.7. The number of rotatable bonds is 18. The molecule has 3 rings (SSSR count). The molecule has 0 saturated carbocycles. The molecule has 1 aliphatic rings. The number of carbonyl (C=O) groups is 5. The van der Waals surface area contributed by atoms with E-state index in [9.17, 15) is 24.0 Å². The average molecular weight is 610 g/mol. The Labute approximate surface area is 255 Å². The summed E-state index contributed by atoms with van der Waals surface area (Å²) in [6.45, 7) is 0.761. The standard InChI is InChI=1S/C32H35NO11/c1-39-19-20-43-30(36)16-8-23-7-13-26(27(21-23)40-2)44-32(38)24-9-11-25(12-10-24)41-17-5-3-4-6-18-42-31(37)22-33-28(34)14-15-29(33)35/h7-16,21H,3-6,17-20,22H2,1-2H3/b16-8+. The van der Waals surface area contributed by atoms with E-state index in [1.165, 1.54) is 20.3 Å². The average Bonchev–Trinajstić information content (AvgIpc) is 3.34. The molecule has 0 bridgehead atoms. The van der Waals surface area contributed by atoms with Crippen LogP contribution in [0.15, 0.2) is 60.7 Å². The van der Waals surface area contributed by atoms with E-state index >= 15 is 0 Å². The minimum absolute atomic E-state index is 0.156. The van der Waals surface area contributed by atoms with Crippen molar-refractivity contribution in [1.29, 1.82) is 0 Å². The summed E-state index contributed by atoms with van der Waals surface area (Å²) in [6, 6.07) is 11.4. The minimum Gasteiger partial charge on any atom is -0.494 e. The first-order chi connectivity index (χ1) is 21.3. The Morgan fingerprint density at radius 1 is 0.773 bits per heavy atom. The quantitative estimate of drug-likeness (QED) is 0.0805. The molecule has 2 aromatic rings. The molecule has 0 N–H and O–H groups in total. The summed E-state index contributed by atoms with van der Waals surface area (Å²) in [5, 5.41) is 0. The molecular formula is C32H35NO11. The van der Waals surface area contributed by atoms with Crippen LogP contribution in [-0.2, 0) is 33.4 Å². The van der Waals surface area contributed by atoms with Crippen molar-refractivity contribution < 1.29 is 52.4 Å². The minimum atomic E-state index is -0.620. The molecule has 234 valence electrons. The van der Waals surface area contributed by atoms with Gasteiger partial charge < -0.3 is 28.4 Å². The first-order valence-electron chi connectivity index (χ1n) is 14.0. The number of hydrogen-bond acceptors (Lipinski definition) is 11. The second-order valence-electron chi connectivity index (χ2n) is 9.40. The molecule has 0 spiro atoms. The van der Waals surface area contributed by atoms with E-state index in [1.807, 2.05) is 0 Å². The van der Waals surface area contributed by atoms with Gasteiger partial charge in [0.15, 0.2) is 11.5 Å². The predicted molar refractivity (Wildman–Crippen MR) is 157 cm³/mol. The zero-order chi connectivity index (χ0) is 31.7. The summed E-state index contributed by atoms with van der Waals surface area (Å²) >= 11 is 0. The van der Waals surface area contributed by atoms with E-state index < -0.39 is 29.7 Å². The summed E-state index contributed by atoms with van der Waals surface area (Å²) in [7, 11) is 2.96. The van der Waals surface area contributed by atoms with Crippen LogP contribution in [-0.4, -0.2) is 81.8 Å². The van der Waals surface area contributed by atoms with E-state index in [-0.39, 0.29) is 25.5 Å². The van der Waals surface area contributed by atoms with Crippen LogP contribution in [0.3, 0.4) is 0 Å². The van der Waals surface area contributed by atoms with E-state index in [0.29, 0.717) is 42.3 Å². The first-order valence-corrected chi connectivity index (χ1v) is 14.0. The van der Waals surface area contributed by atoms with E-state index in [0.717, 1.165) is 36.3 Å². The summed E-state index contributed by atoms with van der Waals surface area (Å²) < 4.78 is 31.5. The number of imide groups is 1. The van der Waals surface area contributed by atoms with Gasteiger partial charge in [0.05, 0.1) is 32.5 Å². The van der Waals surface area contributed by atoms with Gasteiger partial charge in [0.25, 0.3) is 11.8 Å². The molecule has 12 heteroatoms. The summed E-state index contributed by atoms with van der Waals surface area (Å²) in [5.41, 5.74) is 0.977. The molecule has 0 atom stereocenters. The van der Waals surface area contributed by atoms with Gasteiger partial charge in [-0.2, -0.15) is 0 Å². The molecule has 0 saturated heterocycles. The van der Waals surface area contributed by atoms with Gasteiger partial charge in [-0.3, -0.25) is 19.3 Å². The van der Waals surface area contributed by atoms with Crippen LogP contribution >= 0.6 is 0 Å². The Kier molecular flexibility index (Phi) is 13.6. The summed E-state index contributed by atoms with van der Waals surface area (Å²) in [6.07, 6.45) is 8.17. The predicted octanol–water partition coefficient (Wildman–Crippen LogP) is 3.52. The van der Waals surface area contributed by atoms with Crippen molar-refractivity contribution in [2.24, 2.45) is 0 Å². The zero-order valence-corrected chi connectivity index (χ0v) is 24.7. The molecule has 1 heterocycles. The third-order valence-electron chi connectivity index (χ3n) is 6.18. The lowest BCUT2D eigenvalue weighted by atomic mass is 10.2. The van der Waals surface area contributed by atoms with Gasteiger partial charge in [-0.15, -0.1) is 0 Å². The van der Waals surface area contributed by atoms with Crippen LogP contribution in [0.5, 0.6) is 17.2 Å². The number of nitrogens with zero attached hydrogens (tertiary/aromatic N) is 1. The topological polar surface area (TPSA) is 144 Å². The molecule has 0 radical (unpaired) electrons. The third-order valence-corrected chi connectivity index (χ3v) is 6.18. The van der Waals surface area contributed by atoms with Gasteiger partial charge in [0.1, 0.15) is 18.9 Å². The van der Waals surface area contributed by atoms with Crippen LogP contribution in [0.2, 0.25) is 0 Å². The second kappa shape index (κ2) is 17.9. The van der Waals surface area contributed by atoms with Gasteiger partial charge in [-0.05, 0) is 73.7 Å². The highest BCUT2D eigenvalue weighted by molar-refractivity contribution is 6.14. The van der Waals surface area contributed by atoms with Gasteiger partial charge in [0, 0.05) is 25.3 Å². The van der Waals surface area contributed by atoms with Crippen molar-refractivity contribution in [3.63, 3.8) is 0 Å². The Balaban J connectivity index is 1.33. The smallest absolute Gasteiger partial charge is 0.343 e. The van der Waals surface area contributed by atoms with Crippen LogP contribution in [0.4, 0.5) is 0 Å². The number of esters is 3. The Morgan fingerprint density at radius 3 is 2.16 bits per heavy atom. The molecule has 0 fully saturated rings. The van der Waals surface area contributed by atoms with Crippen LogP contribution in [0.1, 0.15) is 41.6 Å². The van der Waals surface area contributed by atoms with Crippen molar-refractivity contribution in [3.05, 3.63) is 71.8 Å². The summed E-state index contributed by atoms with van der Waals surface area (Å²) in [4.78, 5) is 60.0. The largest absolute Gasteiger partial charge is 0.494 e. The number of hydrogen-bond donors (Lipinski definition) is 0. The molecule has 1 aliphatic heterocycles. The lowest BCUT2D eigenvalue weighted by Crippen LogP contribution is -2.35. The fourth-order valence-electron chi connectivity index (χ4n) is 3.85. The lowest BCUT2D eigenvalue weighted by molar-refractivity contribution is -0.151. The van der Waals surface area contributed by atoms with Crippen LogP contribution in [0.25, 0.3) is 6.08 Å². The number of unbranched alkanes of at least 4 members (excludes halogenated alkanes) is 3. The van der Waals surface area contributed by atoms with Gasteiger partial charge >= 0.3 is 17.9 Å². The number of methoxy groups -OCH3 is 2. The van der Waals surface area contributed by atoms with Crippen molar-refractivity contribution in [3.8, 4) is 17.2 Å². The molecule has 12 nitrogen and oxygen atoms in total. The number of amides is 2. The van der Waals surface area contributed by atoms with Crippen molar-refractivity contribution >= 4 is 35.8 Å². The van der Waals surface area contributed by atoms with E-state index in [2.05, 4.69) is 0 Å². The van der Waals surface area contributed by atoms with E-state index in [1.54, 1.807) is 48.5 Å². The van der Waals surface area contributed by atoms with Gasteiger partial charge in [0.2, 0.25) is 0 Å². The molecule has 0 aromatic heterocycles. The van der Waals surface area contributed by atoms with Gasteiger partial charge in [-0.1, -0.05) is 6.07 Å². The lowest BCUT2D eigenvalue weighted by Gasteiger charge is -2.12. The monoisotopic (exact) mass is 609 g/mol. The molecule has 0 aliphatic carbocycles. The van der Waals surface area contributed by atoms with Gasteiger partial charge in [-0.25, -0.2) is 9.59 Å². The fourth-order valence-corrected chi connectivity index (χ4v) is 3.85. The highest BCUT2D eigenvalue weighted by Crippen LogP contribution is 2.29. The van der Waals surface area contributed by atoms with Crippen LogP contribution in [0, 0.1) is 0 Å². The van der Waals surface area contributed by atoms with Crippen molar-refractivity contribution in [2.75, 3.05) is 47.2 Å². The number of benzene rings is 2. The van der Waals surface area contributed by atoms with E-state index in [4.69, 9.17) is 28.4 Å². The fraction of sp³-hybridized carbons (Fsp3) is 0.344. The maximum Gasteiger partial charge on any atom is 0.343 e. The maximum atomic E-state index is 12.7. The molecule has 0 unspecified atom stereocenters. The molecule has 44 heavy (non-hydrogen) atoms. The molecule has 2 amide bonds. The van der Waals surface area contributed by atoms with Crippen molar-refractivity contribution in [1.82, 2.24) is 4.90 Å². The Hall–Kier alpha value is -4.97. The normalized spacial score (nSPS) is 12.5. The summed E-state index contributed by atoms with van der Waals surface area (Å²) in [5.74, 6) is -1.59. The first kappa shape index (κ1) is 33.5. The van der Waals surface area contributed by atoms with Crippen molar-refractivity contribution in [2.45, 2.75) is 25.7 Å². The molecule has 2 aromatic carbocycles. The highest BCUT2D eigenvalue weighted by atomic mass is 16.6. The second-order valence-corrected chi connectivity index (χ2v) is 9.40. The number of carbonyl (C=O) groups excluding carboxylic acids is 5. The number of ether oxygens (including phenoxy) is 6. The SMILES string of the molecule is COCCOC(=O)/C=C/c1ccc(OC(=O)c2ccc(OCCCCCCOC(=O)CN3C(=O)C=CC3=O)cc2)c(OC)c1. The Bertz CT molecular complexity index is 1350. The highest BCUT2D eigenvalue weighted by Gasteiger charge is 2.26. The Morgan fingerprint density at radius 2 is 1.48 bits per heavy atom. The molecular weight excluding hydrogens is 574 g/mol. The van der Waals surface area contributed by atoms with Crippen LogP contribution < -0.4 is 14.2 Å².